The number of nitrogens with zero attached hydrogens (tertiary/aromatic N) is 1. The third-order valence-corrected chi connectivity index (χ3v) is 4.59. The molecule has 1 heterocycles. The molecule has 0 saturated carbocycles. The lowest BCUT2D eigenvalue weighted by Crippen LogP contribution is -2.48. The summed E-state index contributed by atoms with van der Waals surface area (Å²) in [7, 11) is 1.54. The molecule has 2 atom stereocenters. The van der Waals surface area contributed by atoms with Gasteiger partial charge in [0, 0.05) is 18.6 Å². The Morgan fingerprint density at radius 2 is 2.21 bits per heavy atom. The molecule has 0 radical (unpaired) electrons. The molecule has 1 aromatic carbocycles. The van der Waals surface area contributed by atoms with E-state index >= 15 is 0 Å². The van der Waals surface area contributed by atoms with Crippen LogP contribution in [0.5, 0.6) is 11.5 Å². The summed E-state index contributed by atoms with van der Waals surface area (Å²) in [5.74, 6) is 0.266. The number of hydrogen-bond acceptors (Lipinski definition) is 5. The van der Waals surface area contributed by atoms with E-state index in [9.17, 15) is 4.79 Å². The Hall–Kier alpha value is -1.50. The van der Waals surface area contributed by atoms with Crippen molar-refractivity contribution in [1.29, 1.82) is 0 Å². The summed E-state index contributed by atoms with van der Waals surface area (Å²) >= 11 is 6.31. The summed E-state index contributed by atoms with van der Waals surface area (Å²) in [4.78, 5) is 13.3. The number of benzene rings is 1. The van der Waals surface area contributed by atoms with Crippen LogP contribution in [0.3, 0.4) is 0 Å². The number of ether oxygens (including phenoxy) is 2. The average Bonchev–Trinajstić information content (AvgIpc) is 2.53. The van der Waals surface area contributed by atoms with Crippen molar-refractivity contribution >= 4 is 17.5 Å². The van der Waals surface area contributed by atoms with Gasteiger partial charge in [0.15, 0.2) is 18.1 Å². The van der Waals surface area contributed by atoms with Crippen molar-refractivity contribution in [2.24, 2.45) is 11.5 Å². The Kier molecular flexibility index (Phi) is 6.71. The molecular formula is C17H26ClN3O3. The van der Waals surface area contributed by atoms with E-state index in [0.717, 1.165) is 25.1 Å². The van der Waals surface area contributed by atoms with Crippen LogP contribution < -0.4 is 20.9 Å². The normalized spacial score (nSPS) is 19.8. The van der Waals surface area contributed by atoms with E-state index in [-0.39, 0.29) is 12.6 Å². The molecule has 0 aromatic heterocycles. The predicted octanol–water partition coefficient (Wildman–Crippen LogP) is 1.91. The Labute approximate surface area is 148 Å². The van der Waals surface area contributed by atoms with Crippen LogP contribution in [-0.4, -0.2) is 43.2 Å². The first-order valence-corrected chi connectivity index (χ1v) is 8.57. The molecule has 0 spiro atoms. The topological polar surface area (TPSA) is 90.8 Å². The van der Waals surface area contributed by atoms with Gasteiger partial charge in [0.25, 0.3) is 5.91 Å². The number of likely N-dealkylation sites (tertiary alicyclic amines) is 1. The fraction of sp³-hybridized carbons (Fsp3) is 0.588. The van der Waals surface area contributed by atoms with Gasteiger partial charge in [-0.15, -0.1) is 0 Å². The zero-order valence-corrected chi connectivity index (χ0v) is 15.0. The molecule has 2 rings (SSSR count). The summed E-state index contributed by atoms with van der Waals surface area (Å²) in [5, 5.41) is 0.403. The second-order valence-electron chi connectivity index (χ2n) is 6.26. The first kappa shape index (κ1) is 18.8. The fourth-order valence-corrected chi connectivity index (χ4v) is 3.48. The molecule has 1 aliphatic heterocycles. The Morgan fingerprint density at radius 3 is 2.83 bits per heavy atom. The van der Waals surface area contributed by atoms with Crippen molar-refractivity contribution in [1.82, 2.24) is 4.90 Å². The second kappa shape index (κ2) is 8.55. The van der Waals surface area contributed by atoms with Crippen molar-refractivity contribution in [2.75, 3.05) is 20.3 Å². The molecule has 1 aromatic rings. The Morgan fingerprint density at radius 1 is 1.46 bits per heavy atom. The summed E-state index contributed by atoms with van der Waals surface area (Å²) < 4.78 is 10.7. The van der Waals surface area contributed by atoms with E-state index in [1.807, 2.05) is 12.1 Å². The second-order valence-corrected chi connectivity index (χ2v) is 6.66. The molecule has 1 fully saturated rings. The van der Waals surface area contributed by atoms with Gasteiger partial charge in [-0.1, -0.05) is 18.0 Å². The number of carbonyl (C=O) groups is 1. The molecule has 1 aliphatic rings. The molecule has 0 aliphatic carbocycles. The van der Waals surface area contributed by atoms with Crippen molar-refractivity contribution < 1.29 is 14.3 Å². The van der Waals surface area contributed by atoms with Crippen LogP contribution in [0.1, 0.15) is 31.7 Å². The first-order valence-electron chi connectivity index (χ1n) is 8.19. The maximum Gasteiger partial charge on any atom is 0.255 e. The Bertz CT molecular complexity index is 580. The third kappa shape index (κ3) is 4.75. The maximum atomic E-state index is 10.9. The summed E-state index contributed by atoms with van der Waals surface area (Å²) in [6, 6.07) is 4.22. The molecule has 7 heteroatoms. The number of carbonyl (C=O) groups excluding carboxylic acids is 1. The zero-order valence-electron chi connectivity index (χ0n) is 14.3. The molecule has 1 saturated heterocycles. The van der Waals surface area contributed by atoms with Gasteiger partial charge in [0.05, 0.1) is 12.1 Å². The number of hydrogen-bond donors (Lipinski definition) is 2. The number of primary amides is 1. The van der Waals surface area contributed by atoms with Crippen LogP contribution in [0, 0.1) is 0 Å². The molecule has 6 nitrogen and oxygen atoms in total. The molecule has 0 bridgehead atoms. The van der Waals surface area contributed by atoms with Crippen LogP contribution in [0.15, 0.2) is 12.1 Å². The highest BCUT2D eigenvalue weighted by molar-refractivity contribution is 6.32. The van der Waals surface area contributed by atoms with Crippen LogP contribution in [0.25, 0.3) is 0 Å². The summed E-state index contributed by atoms with van der Waals surface area (Å²) in [6.07, 6.45) is 3.50. The highest BCUT2D eigenvalue weighted by Crippen LogP contribution is 2.37. The van der Waals surface area contributed by atoms with Gasteiger partial charge < -0.3 is 20.9 Å². The van der Waals surface area contributed by atoms with Gasteiger partial charge in [-0.3, -0.25) is 9.69 Å². The Balaban J connectivity index is 2.18. The van der Waals surface area contributed by atoms with Crippen LogP contribution >= 0.6 is 11.6 Å². The SMILES string of the molecule is COc1cc(CN2CCCCC2C(C)N)cc(Cl)c1OCC(N)=O. The van der Waals surface area contributed by atoms with E-state index in [1.165, 1.54) is 20.0 Å². The minimum absolute atomic E-state index is 0.126. The monoisotopic (exact) mass is 355 g/mol. The van der Waals surface area contributed by atoms with Gasteiger partial charge in [-0.05, 0) is 44.0 Å². The number of nitrogens with two attached hydrogens (primary N) is 2. The molecule has 24 heavy (non-hydrogen) atoms. The van der Waals surface area contributed by atoms with E-state index in [0.29, 0.717) is 22.6 Å². The van der Waals surface area contributed by atoms with Crippen molar-refractivity contribution in [3.63, 3.8) is 0 Å². The van der Waals surface area contributed by atoms with Crippen LogP contribution in [0.2, 0.25) is 5.02 Å². The molecular weight excluding hydrogens is 330 g/mol. The molecule has 1 amide bonds. The van der Waals surface area contributed by atoms with Gasteiger partial charge in [-0.2, -0.15) is 0 Å². The van der Waals surface area contributed by atoms with E-state index in [2.05, 4.69) is 11.8 Å². The van der Waals surface area contributed by atoms with Crippen molar-refractivity contribution in [2.45, 2.75) is 44.8 Å². The van der Waals surface area contributed by atoms with Crippen LogP contribution in [0.4, 0.5) is 0 Å². The highest BCUT2D eigenvalue weighted by Gasteiger charge is 2.26. The molecule has 134 valence electrons. The quantitative estimate of drug-likeness (QED) is 0.779. The van der Waals surface area contributed by atoms with Gasteiger partial charge in [-0.25, -0.2) is 0 Å². The van der Waals surface area contributed by atoms with E-state index in [1.54, 1.807) is 0 Å². The molecule has 2 unspecified atom stereocenters. The number of amides is 1. The highest BCUT2D eigenvalue weighted by atomic mass is 35.5. The summed E-state index contributed by atoms with van der Waals surface area (Å²) in [5.41, 5.74) is 12.3. The minimum atomic E-state index is -0.565. The van der Waals surface area contributed by atoms with Gasteiger partial charge in [0.1, 0.15) is 0 Å². The number of halogens is 1. The molecule has 4 N–H and O–H groups in total. The maximum absolute atomic E-state index is 10.9. The lowest BCUT2D eigenvalue weighted by molar-refractivity contribution is -0.119. The van der Waals surface area contributed by atoms with Gasteiger partial charge in [0.2, 0.25) is 0 Å². The van der Waals surface area contributed by atoms with E-state index < -0.39 is 5.91 Å². The largest absolute Gasteiger partial charge is 0.493 e. The number of rotatable bonds is 7. The standard InChI is InChI=1S/C17H26ClN3O3/c1-11(19)14-5-3-4-6-21(14)9-12-7-13(18)17(15(8-12)23-2)24-10-16(20)22/h7-8,11,14H,3-6,9-10,19H2,1-2H3,(H2,20,22). The minimum Gasteiger partial charge on any atom is -0.493 e. The number of methoxy groups -OCH3 is 1. The average molecular weight is 356 g/mol. The first-order chi connectivity index (χ1) is 11.4. The van der Waals surface area contributed by atoms with E-state index in [4.69, 9.17) is 32.5 Å². The van der Waals surface area contributed by atoms with Crippen molar-refractivity contribution in [3.8, 4) is 11.5 Å². The summed E-state index contributed by atoms with van der Waals surface area (Å²) in [6.45, 7) is 3.58. The predicted molar refractivity (Wildman–Crippen MR) is 94.4 cm³/mol. The lowest BCUT2D eigenvalue weighted by Gasteiger charge is -2.38. The smallest absolute Gasteiger partial charge is 0.255 e. The lowest BCUT2D eigenvalue weighted by atomic mass is 9.96. The number of piperidine rings is 1. The third-order valence-electron chi connectivity index (χ3n) is 4.30. The van der Waals surface area contributed by atoms with Crippen molar-refractivity contribution in [3.05, 3.63) is 22.7 Å². The van der Waals surface area contributed by atoms with Crippen LogP contribution in [-0.2, 0) is 11.3 Å². The fourth-order valence-electron chi connectivity index (χ4n) is 3.19. The van der Waals surface area contributed by atoms with Gasteiger partial charge >= 0.3 is 0 Å². The zero-order chi connectivity index (χ0) is 17.7.